The highest BCUT2D eigenvalue weighted by Crippen LogP contribution is 2.26. The minimum absolute atomic E-state index is 0.0244. The van der Waals surface area contributed by atoms with E-state index >= 15 is 0 Å². The Labute approximate surface area is 193 Å². The summed E-state index contributed by atoms with van der Waals surface area (Å²) >= 11 is 0. The van der Waals surface area contributed by atoms with Crippen LogP contribution in [-0.4, -0.2) is 34.6 Å². The van der Waals surface area contributed by atoms with Gasteiger partial charge in [0.1, 0.15) is 18.1 Å². The van der Waals surface area contributed by atoms with Crippen molar-refractivity contribution in [1.82, 2.24) is 5.32 Å². The summed E-state index contributed by atoms with van der Waals surface area (Å²) in [5, 5.41) is 2.81. The maximum atomic E-state index is 12.8. The number of para-hydroxylation sites is 2. The molecular formula is C25H24N2O5S. The Morgan fingerprint density at radius 1 is 1.03 bits per heavy atom. The predicted molar refractivity (Wildman–Crippen MR) is 127 cm³/mol. The molecule has 1 amide bonds. The quantitative estimate of drug-likeness (QED) is 0.448. The van der Waals surface area contributed by atoms with Crippen LogP contribution < -0.4 is 19.5 Å². The SMILES string of the molecule is C#CCOc1ccc(CCNC(=O)c2cccc(S(=O)(=O)Nc3ccccc3OC)c2)cc1. The lowest BCUT2D eigenvalue weighted by Crippen LogP contribution is -2.26. The Kier molecular flexibility index (Phi) is 7.95. The van der Waals surface area contributed by atoms with Crippen molar-refractivity contribution in [2.24, 2.45) is 0 Å². The highest BCUT2D eigenvalue weighted by molar-refractivity contribution is 7.92. The van der Waals surface area contributed by atoms with Crippen molar-refractivity contribution < 1.29 is 22.7 Å². The molecule has 0 unspecified atom stereocenters. The molecule has 0 spiro atoms. The Morgan fingerprint density at radius 3 is 2.52 bits per heavy atom. The highest BCUT2D eigenvalue weighted by atomic mass is 32.2. The summed E-state index contributed by atoms with van der Waals surface area (Å²) < 4.78 is 38.7. The fraction of sp³-hybridized carbons (Fsp3) is 0.160. The minimum Gasteiger partial charge on any atom is -0.495 e. The number of benzene rings is 3. The van der Waals surface area contributed by atoms with Gasteiger partial charge in [-0.05, 0) is 54.4 Å². The predicted octanol–water partition coefficient (Wildman–Crippen LogP) is 3.48. The molecule has 0 aliphatic carbocycles. The first-order valence-electron chi connectivity index (χ1n) is 10.1. The molecule has 3 rings (SSSR count). The first-order chi connectivity index (χ1) is 15.9. The number of rotatable bonds is 10. The Balaban J connectivity index is 1.61. The maximum Gasteiger partial charge on any atom is 0.262 e. The molecule has 0 heterocycles. The topological polar surface area (TPSA) is 93.7 Å². The van der Waals surface area contributed by atoms with Crippen molar-refractivity contribution >= 4 is 21.6 Å². The molecule has 0 aliphatic heterocycles. The number of amides is 1. The van der Waals surface area contributed by atoms with Gasteiger partial charge in [-0.15, -0.1) is 6.42 Å². The molecule has 3 aromatic rings. The largest absolute Gasteiger partial charge is 0.495 e. The molecule has 0 aromatic heterocycles. The third kappa shape index (κ3) is 6.51. The normalized spacial score (nSPS) is 10.7. The van der Waals surface area contributed by atoms with Gasteiger partial charge >= 0.3 is 0 Å². The highest BCUT2D eigenvalue weighted by Gasteiger charge is 2.18. The van der Waals surface area contributed by atoms with Crippen molar-refractivity contribution in [3.63, 3.8) is 0 Å². The van der Waals surface area contributed by atoms with Crippen LogP contribution in [0.4, 0.5) is 5.69 Å². The van der Waals surface area contributed by atoms with Gasteiger partial charge < -0.3 is 14.8 Å². The van der Waals surface area contributed by atoms with Gasteiger partial charge in [0.05, 0.1) is 17.7 Å². The summed E-state index contributed by atoms with van der Waals surface area (Å²) in [7, 11) is -2.45. The van der Waals surface area contributed by atoms with Crippen LogP contribution >= 0.6 is 0 Å². The van der Waals surface area contributed by atoms with E-state index in [9.17, 15) is 13.2 Å². The summed E-state index contributed by atoms with van der Waals surface area (Å²) in [6.45, 7) is 0.596. The third-order valence-corrected chi connectivity index (χ3v) is 6.07. The first-order valence-corrected chi connectivity index (χ1v) is 11.6. The van der Waals surface area contributed by atoms with Crippen LogP contribution in [0, 0.1) is 12.3 Å². The van der Waals surface area contributed by atoms with Crippen molar-refractivity contribution in [2.75, 3.05) is 25.0 Å². The van der Waals surface area contributed by atoms with Gasteiger partial charge in [-0.25, -0.2) is 8.42 Å². The van der Waals surface area contributed by atoms with Crippen LogP contribution in [0.5, 0.6) is 11.5 Å². The third-order valence-electron chi connectivity index (χ3n) is 4.70. The molecule has 7 nitrogen and oxygen atoms in total. The summed E-state index contributed by atoms with van der Waals surface area (Å²) in [6, 6.07) is 20.0. The zero-order chi connectivity index (χ0) is 23.7. The lowest BCUT2D eigenvalue weighted by molar-refractivity contribution is 0.0954. The van der Waals surface area contributed by atoms with Crippen molar-refractivity contribution in [1.29, 1.82) is 0 Å². The molecule has 170 valence electrons. The number of hydrogen-bond acceptors (Lipinski definition) is 5. The monoisotopic (exact) mass is 464 g/mol. The molecular weight excluding hydrogens is 440 g/mol. The van der Waals surface area contributed by atoms with E-state index in [0.717, 1.165) is 5.56 Å². The van der Waals surface area contributed by atoms with Crippen LogP contribution in [0.25, 0.3) is 0 Å². The molecule has 0 atom stereocenters. The van der Waals surface area contributed by atoms with E-state index in [-0.39, 0.29) is 23.0 Å². The molecule has 0 bridgehead atoms. The number of terminal acetylenes is 1. The van der Waals surface area contributed by atoms with E-state index in [1.807, 2.05) is 24.3 Å². The summed E-state index contributed by atoms with van der Waals surface area (Å²) in [6.07, 6.45) is 5.78. The number of carbonyl (C=O) groups is 1. The van der Waals surface area contributed by atoms with Crippen LogP contribution in [0.1, 0.15) is 15.9 Å². The van der Waals surface area contributed by atoms with Gasteiger partial charge in [0.25, 0.3) is 15.9 Å². The molecule has 8 heteroatoms. The molecule has 2 N–H and O–H groups in total. The molecule has 0 radical (unpaired) electrons. The summed E-state index contributed by atoms with van der Waals surface area (Å²) in [5.41, 5.74) is 1.57. The fourth-order valence-corrected chi connectivity index (χ4v) is 4.15. The average molecular weight is 465 g/mol. The van der Waals surface area contributed by atoms with Gasteiger partial charge in [0.2, 0.25) is 0 Å². The Morgan fingerprint density at radius 2 is 1.79 bits per heavy atom. The lowest BCUT2D eigenvalue weighted by atomic mass is 10.1. The number of nitrogens with one attached hydrogen (secondary N) is 2. The van der Waals surface area contributed by atoms with Gasteiger partial charge in [0, 0.05) is 12.1 Å². The van der Waals surface area contributed by atoms with Crippen LogP contribution in [0.3, 0.4) is 0 Å². The van der Waals surface area contributed by atoms with Gasteiger partial charge in [-0.2, -0.15) is 0 Å². The lowest BCUT2D eigenvalue weighted by Gasteiger charge is -2.12. The summed E-state index contributed by atoms with van der Waals surface area (Å²) in [4.78, 5) is 12.5. The smallest absolute Gasteiger partial charge is 0.262 e. The minimum atomic E-state index is -3.91. The van der Waals surface area contributed by atoms with Crippen molar-refractivity contribution in [3.8, 4) is 23.8 Å². The van der Waals surface area contributed by atoms with Crippen molar-refractivity contribution in [3.05, 3.63) is 83.9 Å². The second-order valence-corrected chi connectivity index (χ2v) is 8.66. The second-order valence-electron chi connectivity index (χ2n) is 6.98. The maximum absolute atomic E-state index is 12.8. The Hall–Kier alpha value is -3.96. The van der Waals surface area contributed by atoms with E-state index in [1.165, 1.54) is 25.3 Å². The fourth-order valence-electron chi connectivity index (χ4n) is 3.04. The van der Waals surface area contributed by atoms with Crippen LogP contribution in [0.15, 0.2) is 77.7 Å². The van der Waals surface area contributed by atoms with Gasteiger partial charge in [-0.1, -0.05) is 36.3 Å². The number of carbonyl (C=O) groups excluding carboxylic acids is 1. The standard InChI is InChI=1S/C25H24N2O5S/c1-3-17-32-21-13-11-19(12-14-21)15-16-26-25(28)20-7-6-8-22(18-20)33(29,30)27-23-9-4-5-10-24(23)31-2/h1,4-14,18,27H,15-17H2,2H3,(H,26,28). The van der Waals surface area contributed by atoms with E-state index in [1.54, 1.807) is 30.3 Å². The summed E-state index contributed by atoms with van der Waals surface area (Å²) in [5.74, 6) is 3.12. The molecule has 0 aliphatic rings. The van der Waals surface area contributed by atoms with Gasteiger partial charge in [0.15, 0.2) is 0 Å². The van der Waals surface area contributed by atoms with Crippen molar-refractivity contribution in [2.45, 2.75) is 11.3 Å². The van der Waals surface area contributed by atoms with Gasteiger partial charge in [-0.3, -0.25) is 9.52 Å². The number of methoxy groups -OCH3 is 1. The molecule has 0 saturated heterocycles. The number of hydrogen-bond donors (Lipinski definition) is 2. The zero-order valence-corrected chi connectivity index (χ0v) is 18.9. The number of anilines is 1. The van der Waals surface area contributed by atoms with Crippen LogP contribution in [-0.2, 0) is 16.4 Å². The van der Waals surface area contributed by atoms with E-state index < -0.39 is 10.0 Å². The Bertz CT molecular complexity index is 1250. The van der Waals surface area contributed by atoms with E-state index in [2.05, 4.69) is 16.0 Å². The van der Waals surface area contributed by atoms with E-state index in [4.69, 9.17) is 15.9 Å². The average Bonchev–Trinajstić information content (AvgIpc) is 2.83. The first kappa shape index (κ1) is 23.7. The van der Waals surface area contributed by atoms with Crippen LogP contribution in [0.2, 0.25) is 0 Å². The van der Waals surface area contributed by atoms with E-state index in [0.29, 0.717) is 30.2 Å². The molecule has 0 fully saturated rings. The number of sulfonamides is 1. The molecule has 3 aromatic carbocycles. The zero-order valence-electron chi connectivity index (χ0n) is 18.1. The molecule has 33 heavy (non-hydrogen) atoms. The second kappa shape index (κ2) is 11.1. The number of ether oxygens (including phenoxy) is 2. The molecule has 0 saturated carbocycles.